The predicted octanol–water partition coefficient (Wildman–Crippen LogP) is 2.71. The van der Waals surface area contributed by atoms with Crippen LogP contribution in [0.4, 0.5) is 0 Å². The first kappa shape index (κ1) is 16.6. The van der Waals surface area contributed by atoms with Crippen molar-refractivity contribution >= 4 is 11.9 Å². The van der Waals surface area contributed by atoms with Crippen molar-refractivity contribution in [3.63, 3.8) is 0 Å². The molecule has 0 bridgehead atoms. The van der Waals surface area contributed by atoms with Crippen molar-refractivity contribution in [2.75, 3.05) is 13.7 Å². The first-order valence-corrected chi connectivity index (χ1v) is 8.48. The van der Waals surface area contributed by atoms with Crippen LogP contribution < -0.4 is 9.47 Å². The fourth-order valence-electron chi connectivity index (χ4n) is 3.52. The average molecular weight is 333 g/mol. The number of carboxylic acids is 1. The maximum Gasteiger partial charge on any atom is 0.326 e. The van der Waals surface area contributed by atoms with Crippen LogP contribution in [0.3, 0.4) is 0 Å². The molecule has 6 nitrogen and oxygen atoms in total. The molecule has 1 saturated carbocycles. The Balaban J connectivity index is 1.82. The van der Waals surface area contributed by atoms with Crippen LogP contribution in [0.5, 0.6) is 11.5 Å². The van der Waals surface area contributed by atoms with Crippen molar-refractivity contribution in [1.82, 2.24) is 4.90 Å². The number of hydrogen-bond donors (Lipinski definition) is 1. The summed E-state index contributed by atoms with van der Waals surface area (Å²) in [4.78, 5) is 25.5. The molecule has 1 amide bonds. The summed E-state index contributed by atoms with van der Waals surface area (Å²) in [5.74, 6) is -0.0633. The number of carbonyl (C=O) groups is 2. The molecule has 1 aromatic rings. The van der Waals surface area contributed by atoms with Gasteiger partial charge in [0, 0.05) is 12.1 Å². The van der Waals surface area contributed by atoms with Gasteiger partial charge in [-0.15, -0.1) is 0 Å². The lowest BCUT2D eigenvalue weighted by Gasteiger charge is -2.22. The van der Waals surface area contributed by atoms with Crippen LogP contribution in [0, 0.1) is 0 Å². The van der Waals surface area contributed by atoms with E-state index in [-0.39, 0.29) is 12.0 Å². The maximum absolute atomic E-state index is 12.7. The number of hydrogen-bond acceptors (Lipinski definition) is 4. The van der Waals surface area contributed by atoms with Crippen LogP contribution in [0.25, 0.3) is 0 Å². The molecule has 2 fully saturated rings. The normalized spacial score (nSPS) is 21.0. The van der Waals surface area contributed by atoms with E-state index in [2.05, 4.69) is 0 Å². The van der Waals surface area contributed by atoms with E-state index in [4.69, 9.17) is 9.47 Å². The number of ether oxygens (including phenoxy) is 2. The number of carbonyl (C=O) groups excluding carboxylic acids is 1. The summed E-state index contributed by atoms with van der Waals surface area (Å²) in [6.07, 6.45) is 5.69. The molecule has 24 heavy (non-hydrogen) atoms. The summed E-state index contributed by atoms with van der Waals surface area (Å²) >= 11 is 0. The summed E-state index contributed by atoms with van der Waals surface area (Å²) in [7, 11) is 1.57. The Morgan fingerprint density at radius 1 is 1.12 bits per heavy atom. The topological polar surface area (TPSA) is 76.1 Å². The van der Waals surface area contributed by atoms with Crippen molar-refractivity contribution in [2.24, 2.45) is 0 Å². The Hall–Kier alpha value is -2.24. The molecular weight excluding hydrogens is 310 g/mol. The van der Waals surface area contributed by atoms with Gasteiger partial charge in [0.05, 0.1) is 13.2 Å². The smallest absolute Gasteiger partial charge is 0.326 e. The van der Waals surface area contributed by atoms with E-state index in [1.54, 1.807) is 25.3 Å². The molecule has 0 spiro atoms. The van der Waals surface area contributed by atoms with Crippen LogP contribution in [-0.4, -0.2) is 47.7 Å². The van der Waals surface area contributed by atoms with Crippen LogP contribution >= 0.6 is 0 Å². The number of aliphatic carboxylic acids is 1. The van der Waals surface area contributed by atoms with Gasteiger partial charge >= 0.3 is 5.97 Å². The summed E-state index contributed by atoms with van der Waals surface area (Å²) in [6.45, 7) is 0.473. The molecule has 1 aliphatic heterocycles. The van der Waals surface area contributed by atoms with E-state index < -0.39 is 12.0 Å². The summed E-state index contributed by atoms with van der Waals surface area (Å²) in [5, 5.41) is 9.27. The van der Waals surface area contributed by atoms with E-state index in [1.165, 1.54) is 4.90 Å². The quantitative estimate of drug-likeness (QED) is 0.896. The number of likely N-dealkylation sites (tertiary alicyclic amines) is 1. The Morgan fingerprint density at radius 2 is 1.88 bits per heavy atom. The number of rotatable bonds is 5. The fourth-order valence-corrected chi connectivity index (χ4v) is 3.52. The van der Waals surface area contributed by atoms with E-state index >= 15 is 0 Å². The first-order valence-electron chi connectivity index (χ1n) is 8.48. The predicted molar refractivity (Wildman–Crippen MR) is 87.6 cm³/mol. The second-order valence-electron chi connectivity index (χ2n) is 6.38. The molecule has 0 aromatic heterocycles. The molecule has 130 valence electrons. The van der Waals surface area contributed by atoms with E-state index in [0.717, 1.165) is 25.7 Å². The van der Waals surface area contributed by atoms with Gasteiger partial charge < -0.3 is 19.5 Å². The molecule has 1 aliphatic carbocycles. The van der Waals surface area contributed by atoms with E-state index in [1.807, 2.05) is 0 Å². The zero-order valence-electron chi connectivity index (χ0n) is 13.9. The lowest BCUT2D eigenvalue weighted by Crippen LogP contribution is -2.40. The fraction of sp³-hybridized carbons (Fsp3) is 0.556. The molecule has 0 unspecified atom stereocenters. The molecule has 6 heteroatoms. The van der Waals surface area contributed by atoms with Crippen LogP contribution in [0.1, 0.15) is 48.9 Å². The van der Waals surface area contributed by atoms with Gasteiger partial charge in [-0.05, 0) is 56.7 Å². The molecule has 2 aliphatic rings. The van der Waals surface area contributed by atoms with Gasteiger partial charge in [-0.2, -0.15) is 0 Å². The Bertz CT molecular complexity index is 624. The van der Waals surface area contributed by atoms with Gasteiger partial charge in [-0.1, -0.05) is 0 Å². The Morgan fingerprint density at radius 3 is 2.54 bits per heavy atom. The van der Waals surface area contributed by atoms with Gasteiger partial charge in [0.25, 0.3) is 5.91 Å². The second kappa shape index (κ2) is 7.11. The molecular formula is C18H23NO5. The standard InChI is InChI=1S/C18H23NO5/c1-23-15-9-8-12(11-16(15)24-13-5-2-3-6-13)17(20)19-10-4-7-14(19)18(21)22/h8-9,11,13-14H,2-7,10H2,1H3,(H,21,22)/t14-/m0/s1. The number of nitrogens with zero attached hydrogens (tertiary/aromatic N) is 1. The molecule has 1 heterocycles. The molecule has 1 N–H and O–H groups in total. The Kier molecular flexibility index (Phi) is 4.92. The minimum atomic E-state index is -0.947. The number of methoxy groups -OCH3 is 1. The third-order valence-electron chi connectivity index (χ3n) is 4.81. The summed E-state index contributed by atoms with van der Waals surface area (Å²) < 4.78 is 11.3. The Labute approximate surface area is 141 Å². The molecule has 0 radical (unpaired) electrons. The van der Waals surface area contributed by atoms with E-state index in [9.17, 15) is 14.7 Å². The monoisotopic (exact) mass is 333 g/mol. The van der Waals surface area contributed by atoms with Crippen molar-refractivity contribution in [2.45, 2.75) is 50.7 Å². The third-order valence-corrected chi connectivity index (χ3v) is 4.81. The van der Waals surface area contributed by atoms with Crippen molar-refractivity contribution in [3.8, 4) is 11.5 Å². The van der Waals surface area contributed by atoms with Gasteiger partial charge in [0.1, 0.15) is 6.04 Å². The maximum atomic E-state index is 12.7. The van der Waals surface area contributed by atoms with Crippen LogP contribution in [0.15, 0.2) is 18.2 Å². The number of amides is 1. The minimum absolute atomic E-state index is 0.155. The molecule has 1 atom stereocenters. The van der Waals surface area contributed by atoms with Crippen LogP contribution in [0.2, 0.25) is 0 Å². The third kappa shape index (κ3) is 3.32. The SMILES string of the molecule is COc1ccc(C(=O)N2CCC[C@H]2C(=O)O)cc1OC1CCCC1. The highest BCUT2D eigenvalue weighted by atomic mass is 16.5. The second-order valence-corrected chi connectivity index (χ2v) is 6.38. The molecule has 3 rings (SSSR count). The van der Waals surface area contributed by atoms with Crippen molar-refractivity contribution < 1.29 is 24.2 Å². The van der Waals surface area contributed by atoms with Gasteiger partial charge in [0.2, 0.25) is 0 Å². The van der Waals surface area contributed by atoms with Crippen molar-refractivity contribution in [1.29, 1.82) is 0 Å². The average Bonchev–Trinajstić information content (AvgIpc) is 3.25. The molecule has 1 saturated heterocycles. The zero-order valence-corrected chi connectivity index (χ0v) is 13.9. The highest BCUT2D eigenvalue weighted by molar-refractivity contribution is 5.97. The van der Waals surface area contributed by atoms with Crippen molar-refractivity contribution in [3.05, 3.63) is 23.8 Å². The largest absolute Gasteiger partial charge is 0.493 e. The van der Waals surface area contributed by atoms with Crippen LogP contribution in [-0.2, 0) is 4.79 Å². The van der Waals surface area contributed by atoms with Gasteiger partial charge in [-0.25, -0.2) is 4.79 Å². The minimum Gasteiger partial charge on any atom is -0.493 e. The lowest BCUT2D eigenvalue weighted by molar-refractivity contribution is -0.141. The summed E-state index contributed by atoms with van der Waals surface area (Å²) in [6, 6.07) is 4.32. The number of benzene rings is 1. The first-order chi connectivity index (χ1) is 11.6. The zero-order chi connectivity index (χ0) is 17.1. The lowest BCUT2D eigenvalue weighted by atomic mass is 10.1. The van der Waals surface area contributed by atoms with Gasteiger partial charge in [0.15, 0.2) is 11.5 Å². The van der Waals surface area contributed by atoms with Gasteiger partial charge in [-0.3, -0.25) is 4.79 Å². The van der Waals surface area contributed by atoms with E-state index in [0.29, 0.717) is 36.4 Å². The summed E-state index contributed by atoms with van der Waals surface area (Å²) in [5.41, 5.74) is 0.442. The highest BCUT2D eigenvalue weighted by Gasteiger charge is 2.34. The molecule has 1 aromatic carbocycles. The highest BCUT2D eigenvalue weighted by Crippen LogP contribution is 2.33. The number of carboxylic acid groups (broad SMARTS) is 1.